The molecule has 0 aromatic rings. The van der Waals surface area contributed by atoms with E-state index in [1.165, 1.54) is 0 Å². The molecule has 0 spiro atoms. The van der Waals surface area contributed by atoms with Gasteiger partial charge in [-0.15, -0.1) is 0 Å². The molecule has 8 nitrogen and oxygen atoms in total. The molecule has 0 saturated heterocycles. The first-order valence-corrected chi connectivity index (χ1v) is 4.07. The molecule has 0 saturated carbocycles. The molecule has 0 radical (unpaired) electrons. The lowest BCUT2D eigenvalue weighted by atomic mass is 10.1. The standard InChI is InChI=1S/C6H16N2O6/c1-5(2)3-6(14-8(11)12)4-13-7(9)10/h5-6,9-12H,3-4H2,1-2H3. The molecule has 14 heavy (non-hydrogen) atoms. The summed E-state index contributed by atoms with van der Waals surface area (Å²) in [7, 11) is 0. The Morgan fingerprint density at radius 2 is 1.64 bits per heavy atom. The Kier molecular flexibility index (Phi) is 6.87. The highest BCUT2D eigenvalue weighted by Crippen LogP contribution is 2.09. The van der Waals surface area contributed by atoms with E-state index in [9.17, 15) is 0 Å². The van der Waals surface area contributed by atoms with Crippen molar-refractivity contribution in [2.75, 3.05) is 6.61 Å². The van der Waals surface area contributed by atoms with Crippen LogP contribution in [-0.2, 0) is 9.68 Å². The average Bonchev–Trinajstić information content (AvgIpc) is 1.97. The van der Waals surface area contributed by atoms with Crippen LogP contribution < -0.4 is 0 Å². The zero-order valence-electron chi connectivity index (χ0n) is 8.07. The monoisotopic (exact) mass is 212 g/mol. The van der Waals surface area contributed by atoms with Gasteiger partial charge in [0.2, 0.25) is 0 Å². The van der Waals surface area contributed by atoms with E-state index in [1.807, 2.05) is 13.8 Å². The normalized spacial score (nSPS) is 14.4. The molecule has 8 heteroatoms. The van der Waals surface area contributed by atoms with Gasteiger partial charge in [-0.2, -0.15) is 0 Å². The fraction of sp³-hybridized carbons (Fsp3) is 1.00. The van der Waals surface area contributed by atoms with Gasteiger partial charge in [-0.05, 0) is 12.3 Å². The summed E-state index contributed by atoms with van der Waals surface area (Å²) in [5, 5.41) is 32.3. The van der Waals surface area contributed by atoms with Gasteiger partial charge in [0.05, 0.1) is 10.8 Å². The lowest BCUT2D eigenvalue weighted by molar-refractivity contribution is -0.527. The topological polar surface area (TPSA) is 106 Å². The van der Waals surface area contributed by atoms with Crippen molar-refractivity contribution in [3.05, 3.63) is 0 Å². The van der Waals surface area contributed by atoms with Gasteiger partial charge >= 0.3 is 0 Å². The summed E-state index contributed by atoms with van der Waals surface area (Å²) >= 11 is 0. The van der Waals surface area contributed by atoms with Gasteiger partial charge in [0.1, 0.15) is 12.7 Å². The Bertz CT molecular complexity index is 132. The zero-order valence-corrected chi connectivity index (χ0v) is 8.07. The van der Waals surface area contributed by atoms with E-state index in [0.717, 1.165) is 0 Å². The third-order valence-electron chi connectivity index (χ3n) is 1.35. The second-order valence-corrected chi connectivity index (χ2v) is 3.16. The summed E-state index contributed by atoms with van der Waals surface area (Å²) in [6.07, 6.45) is -0.224. The van der Waals surface area contributed by atoms with Crippen LogP contribution in [0.25, 0.3) is 0 Å². The van der Waals surface area contributed by atoms with Crippen LogP contribution in [0.5, 0.6) is 0 Å². The number of nitrogens with zero attached hydrogens (tertiary/aromatic N) is 2. The Labute approximate surface area is 81.2 Å². The van der Waals surface area contributed by atoms with E-state index in [4.69, 9.17) is 20.8 Å². The van der Waals surface area contributed by atoms with Crippen molar-refractivity contribution in [1.82, 2.24) is 10.8 Å². The van der Waals surface area contributed by atoms with Crippen LogP contribution in [0.2, 0.25) is 0 Å². The van der Waals surface area contributed by atoms with E-state index in [0.29, 0.717) is 6.42 Å². The van der Waals surface area contributed by atoms with Gasteiger partial charge in [0.25, 0.3) is 0 Å². The van der Waals surface area contributed by atoms with Gasteiger partial charge < -0.3 is 0 Å². The molecule has 0 aromatic heterocycles. The molecule has 0 heterocycles. The quantitative estimate of drug-likeness (QED) is 0.450. The highest BCUT2D eigenvalue weighted by Gasteiger charge is 2.16. The number of hydrogen-bond donors (Lipinski definition) is 4. The molecule has 0 aliphatic carbocycles. The maximum Gasteiger partial charge on any atom is 0.110 e. The summed E-state index contributed by atoms with van der Waals surface area (Å²) in [5.41, 5.74) is 0. The van der Waals surface area contributed by atoms with Gasteiger partial charge in [-0.25, -0.2) is 9.68 Å². The van der Waals surface area contributed by atoms with Crippen molar-refractivity contribution in [2.24, 2.45) is 5.92 Å². The van der Waals surface area contributed by atoms with Crippen molar-refractivity contribution in [3.63, 3.8) is 0 Å². The largest absolute Gasteiger partial charge is 0.266 e. The Hall–Kier alpha value is -0.320. The summed E-state index contributed by atoms with van der Waals surface area (Å²) in [6, 6.07) is 0. The van der Waals surface area contributed by atoms with Crippen LogP contribution in [0.3, 0.4) is 0 Å². The fourth-order valence-corrected chi connectivity index (χ4v) is 0.950. The predicted molar refractivity (Wildman–Crippen MR) is 41.1 cm³/mol. The second-order valence-electron chi connectivity index (χ2n) is 3.16. The van der Waals surface area contributed by atoms with Crippen LogP contribution in [0.4, 0.5) is 0 Å². The van der Waals surface area contributed by atoms with Crippen molar-refractivity contribution in [1.29, 1.82) is 0 Å². The van der Waals surface area contributed by atoms with Crippen LogP contribution >= 0.6 is 0 Å². The summed E-state index contributed by atoms with van der Waals surface area (Å²) < 4.78 is 0. The minimum Gasteiger partial charge on any atom is -0.266 e. The molecule has 4 N–H and O–H groups in total. The highest BCUT2D eigenvalue weighted by molar-refractivity contribution is 4.57. The van der Waals surface area contributed by atoms with Crippen LogP contribution in [-0.4, -0.2) is 44.3 Å². The van der Waals surface area contributed by atoms with Gasteiger partial charge in [0.15, 0.2) is 0 Å². The third-order valence-corrected chi connectivity index (χ3v) is 1.35. The molecule has 0 rings (SSSR count). The first-order chi connectivity index (χ1) is 6.41. The molecule has 0 aliphatic heterocycles. The lowest BCUT2D eigenvalue weighted by Gasteiger charge is -2.20. The van der Waals surface area contributed by atoms with Crippen LogP contribution in [0.15, 0.2) is 0 Å². The van der Waals surface area contributed by atoms with Crippen LogP contribution in [0, 0.1) is 5.92 Å². The molecular weight excluding hydrogens is 196 g/mol. The SMILES string of the molecule is CC(C)CC(CON(O)O)ON(O)O. The molecule has 0 amide bonds. The van der Waals surface area contributed by atoms with Crippen LogP contribution in [0.1, 0.15) is 20.3 Å². The highest BCUT2D eigenvalue weighted by atomic mass is 17.1. The smallest absolute Gasteiger partial charge is 0.110 e. The van der Waals surface area contributed by atoms with E-state index in [-0.39, 0.29) is 12.5 Å². The van der Waals surface area contributed by atoms with E-state index >= 15 is 0 Å². The van der Waals surface area contributed by atoms with Gasteiger partial charge in [-0.3, -0.25) is 20.8 Å². The zero-order chi connectivity index (χ0) is 11.1. The van der Waals surface area contributed by atoms with Crippen molar-refractivity contribution in [2.45, 2.75) is 26.4 Å². The third kappa shape index (κ3) is 8.29. The summed E-state index contributed by atoms with van der Waals surface area (Å²) in [5.74, 6) is 0.231. The lowest BCUT2D eigenvalue weighted by Crippen LogP contribution is -2.31. The summed E-state index contributed by atoms with van der Waals surface area (Å²) in [4.78, 5) is 8.76. The number of rotatable bonds is 7. The first kappa shape index (κ1) is 13.7. The molecule has 0 aliphatic rings. The molecule has 0 fully saturated rings. The van der Waals surface area contributed by atoms with Crippen molar-refractivity contribution in [3.8, 4) is 0 Å². The Balaban J connectivity index is 3.84. The van der Waals surface area contributed by atoms with E-state index in [1.54, 1.807) is 0 Å². The van der Waals surface area contributed by atoms with Gasteiger partial charge in [0, 0.05) is 0 Å². The second kappa shape index (κ2) is 7.04. The molecule has 86 valence electrons. The summed E-state index contributed by atoms with van der Waals surface area (Å²) in [6.45, 7) is 3.57. The molecular formula is C6H16N2O6. The Morgan fingerprint density at radius 1 is 1.07 bits per heavy atom. The predicted octanol–water partition coefficient (Wildman–Crippen LogP) is 0.425. The molecule has 1 atom stereocenters. The van der Waals surface area contributed by atoms with Crippen molar-refractivity contribution < 1.29 is 30.5 Å². The minimum atomic E-state index is -0.688. The van der Waals surface area contributed by atoms with E-state index in [2.05, 4.69) is 9.68 Å². The maximum absolute atomic E-state index is 8.37. The fourth-order valence-electron chi connectivity index (χ4n) is 0.950. The molecule has 0 bridgehead atoms. The molecule has 1 unspecified atom stereocenters. The molecule has 0 aromatic carbocycles. The van der Waals surface area contributed by atoms with Gasteiger partial charge in [-0.1, -0.05) is 13.8 Å². The number of hydrogen-bond acceptors (Lipinski definition) is 8. The maximum atomic E-state index is 8.37. The first-order valence-electron chi connectivity index (χ1n) is 4.07. The van der Waals surface area contributed by atoms with E-state index < -0.39 is 16.9 Å². The Morgan fingerprint density at radius 3 is 2.00 bits per heavy atom. The average molecular weight is 212 g/mol. The minimum absolute atomic E-state index is 0.219. The van der Waals surface area contributed by atoms with Crippen molar-refractivity contribution >= 4 is 0 Å².